The summed E-state index contributed by atoms with van der Waals surface area (Å²) in [5.41, 5.74) is 10.3. The number of hydrogen-bond acceptors (Lipinski definition) is 10. The molecule has 0 saturated carbocycles. The number of nitrogens with two attached hydrogens (primary N) is 1. The number of tetrazole rings is 1. The number of aliphatic hydroxyl groups is 1. The number of thioether (sulfide) groups is 1. The number of carbonyl (C=O) groups is 2. The number of nitrogen functional groups attached to an aromatic ring is 1. The highest BCUT2D eigenvalue weighted by Gasteiger charge is 2.32. The zero-order valence-corrected chi connectivity index (χ0v) is 26.5. The van der Waals surface area contributed by atoms with Crippen molar-refractivity contribution in [1.29, 1.82) is 0 Å². The molecule has 0 aliphatic carbocycles. The molecule has 2 heterocycles. The maximum absolute atomic E-state index is 12.7. The van der Waals surface area contributed by atoms with Crippen LogP contribution in [0.25, 0.3) is 0 Å². The molecule has 0 unspecified atom stereocenters. The van der Waals surface area contributed by atoms with Crippen LogP contribution in [0.15, 0.2) is 78.0 Å². The fraction of sp³-hybridized carbons (Fsp3) is 0.364. The zero-order valence-electron chi connectivity index (χ0n) is 25.7. The molecule has 3 aromatic carbocycles. The third-order valence-electron chi connectivity index (χ3n) is 7.58. The van der Waals surface area contributed by atoms with E-state index in [4.69, 9.17) is 15.2 Å². The lowest BCUT2D eigenvalue weighted by Crippen LogP contribution is -2.31. The van der Waals surface area contributed by atoms with Gasteiger partial charge in [-0.05, 0) is 58.7 Å². The number of nitrogens with zero attached hydrogens (tertiary/aromatic N) is 4. The van der Waals surface area contributed by atoms with Crippen LogP contribution in [-0.4, -0.2) is 49.0 Å². The Morgan fingerprint density at radius 1 is 0.957 bits per heavy atom. The van der Waals surface area contributed by atoms with E-state index in [-0.39, 0.29) is 30.6 Å². The highest BCUT2D eigenvalue weighted by Crippen LogP contribution is 2.39. The molecule has 0 radical (unpaired) electrons. The van der Waals surface area contributed by atoms with E-state index in [0.717, 1.165) is 23.1 Å². The normalized spacial score (nSPS) is 17.8. The van der Waals surface area contributed by atoms with Crippen LogP contribution in [0, 0.1) is 0 Å². The molecule has 1 aliphatic heterocycles. The highest BCUT2D eigenvalue weighted by atomic mass is 32.2. The molecule has 5 N–H and O–H groups in total. The monoisotopic (exact) mass is 645 g/mol. The molecule has 1 aromatic heterocycles. The second-order valence-corrected chi connectivity index (χ2v) is 12.1. The van der Waals surface area contributed by atoms with Crippen molar-refractivity contribution in [1.82, 2.24) is 20.2 Å². The second kappa shape index (κ2) is 16.3. The number of hydrogen-bond donors (Lipinski definition) is 4. The summed E-state index contributed by atoms with van der Waals surface area (Å²) in [4.78, 5) is 25.0. The minimum atomic E-state index is -0.659. The van der Waals surface area contributed by atoms with E-state index >= 15 is 0 Å². The predicted molar refractivity (Wildman–Crippen MR) is 176 cm³/mol. The van der Waals surface area contributed by atoms with Crippen LogP contribution in [0.4, 0.5) is 17.1 Å². The van der Waals surface area contributed by atoms with E-state index in [2.05, 4.69) is 26.2 Å². The number of amides is 2. The second-order valence-electron chi connectivity index (χ2n) is 11.1. The Kier molecular flexibility index (Phi) is 11.7. The van der Waals surface area contributed by atoms with Crippen molar-refractivity contribution >= 4 is 40.6 Å². The molecular formula is C33H39N7O5S. The summed E-state index contributed by atoms with van der Waals surface area (Å²) in [5, 5.41) is 27.6. The van der Waals surface area contributed by atoms with Gasteiger partial charge in [-0.25, -0.2) is 4.68 Å². The number of nitrogens with one attached hydrogen (secondary N) is 2. The molecule has 4 aromatic rings. The van der Waals surface area contributed by atoms with E-state index in [9.17, 15) is 14.7 Å². The van der Waals surface area contributed by atoms with Crippen molar-refractivity contribution in [3.63, 3.8) is 0 Å². The molecule has 46 heavy (non-hydrogen) atoms. The van der Waals surface area contributed by atoms with Crippen molar-refractivity contribution in [2.75, 3.05) is 22.1 Å². The number of carbonyl (C=O) groups excluding carboxylic acids is 2. The van der Waals surface area contributed by atoms with E-state index in [1.165, 1.54) is 11.8 Å². The van der Waals surface area contributed by atoms with Gasteiger partial charge in [0.25, 0.3) is 0 Å². The first kappa shape index (κ1) is 33.1. The molecule has 3 atom stereocenters. The van der Waals surface area contributed by atoms with Crippen molar-refractivity contribution in [3.05, 3.63) is 89.5 Å². The predicted octanol–water partition coefficient (Wildman–Crippen LogP) is 5.15. The van der Waals surface area contributed by atoms with Gasteiger partial charge in [-0.3, -0.25) is 9.59 Å². The fourth-order valence-electron chi connectivity index (χ4n) is 5.09. The minimum absolute atomic E-state index is 0.0249. The summed E-state index contributed by atoms with van der Waals surface area (Å²) >= 11 is 1.51. The van der Waals surface area contributed by atoms with Crippen LogP contribution in [-0.2, 0) is 32.7 Å². The molecule has 5 rings (SSSR count). The number of rotatable bonds is 14. The largest absolute Gasteiger partial charge is 0.397 e. The summed E-state index contributed by atoms with van der Waals surface area (Å²) < 4.78 is 14.5. The molecule has 1 saturated heterocycles. The number of para-hydroxylation sites is 2. The third kappa shape index (κ3) is 9.36. The summed E-state index contributed by atoms with van der Waals surface area (Å²) in [6.07, 6.45) is 2.37. The van der Waals surface area contributed by atoms with Gasteiger partial charge >= 0.3 is 0 Å². The first-order chi connectivity index (χ1) is 22.4. The van der Waals surface area contributed by atoms with Gasteiger partial charge in [0.1, 0.15) is 0 Å². The molecule has 1 aliphatic rings. The van der Waals surface area contributed by atoms with Crippen LogP contribution >= 0.6 is 11.8 Å². The summed E-state index contributed by atoms with van der Waals surface area (Å²) in [6, 6.07) is 22.4. The highest BCUT2D eigenvalue weighted by molar-refractivity contribution is 7.99. The molecule has 0 spiro atoms. The number of aliphatic hydroxyl groups excluding tert-OH is 1. The maximum Gasteiger partial charge on any atom is 0.224 e. The average molecular weight is 646 g/mol. The molecule has 0 bridgehead atoms. The van der Waals surface area contributed by atoms with Crippen LogP contribution in [0.2, 0.25) is 0 Å². The zero-order chi connectivity index (χ0) is 32.3. The van der Waals surface area contributed by atoms with Crippen molar-refractivity contribution in [2.24, 2.45) is 7.05 Å². The van der Waals surface area contributed by atoms with Crippen LogP contribution < -0.4 is 16.4 Å². The minimum Gasteiger partial charge on any atom is -0.397 e. The molecular weight excluding hydrogens is 606 g/mol. The first-order valence-corrected chi connectivity index (χ1v) is 16.3. The lowest BCUT2D eigenvalue weighted by atomic mass is 10.0. The Morgan fingerprint density at radius 3 is 2.43 bits per heavy atom. The molecule has 2 amide bonds. The number of benzene rings is 3. The van der Waals surface area contributed by atoms with Crippen LogP contribution in [0.5, 0.6) is 0 Å². The van der Waals surface area contributed by atoms with Gasteiger partial charge < -0.3 is 30.9 Å². The van der Waals surface area contributed by atoms with Crippen LogP contribution in [0.3, 0.4) is 0 Å². The quantitative estimate of drug-likeness (QED) is 0.0818. The Morgan fingerprint density at radius 2 is 1.72 bits per heavy atom. The lowest BCUT2D eigenvalue weighted by molar-refractivity contribution is -0.245. The van der Waals surface area contributed by atoms with Gasteiger partial charge in [0, 0.05) is 43.3 Å². The smallest absolute Gasteiger partial charge is 0.224 e. The van der Waals surface area contributed by atoms with Gasteiger partial charge in [0.05, 0.1) is 30.2 Å². The van der Waals surface area contributed by atoms with Crippen molar-refractivity contribution in [2.45, 2.75) is 68.8 Å². The number of unbranched alkanes of at least 4 members (excludes halogenated alkanes) is 2. The Hall–Kier alpha value is -4.30. The van der Waals surface area contributed by atoms with Gasteiger partial charge in [0.15, 0.2) is 6.29 Å². The molecule has 242 valence electrons. The number of aryl methyl sites for hydroxylation is 1. The third-order valence-corrected chi connectivity index (χ3v) is 8.72. The Labute approximate surface area is 272 Å². The van der Waals surface area contributed by atoms with Gasteiger partial charge in [0.2, 0.25) is 17.0 Å². The van der Waals surface area contributed by atoms with Crippen LogP contribution in [0.1, 0.15) is 67.6 Å². The number of ether oxygens (including phenoxy) is 2. The lowest BCUT2D eigenvalue weighted by Gasteiger charge is -2.36. The SMILES string of the molecule is Cn1nnnc1SC[C@@H]1C[C@H](c2ccc(CO)cc2)O[C@H](c2cccc(NC(=O)CCCCCC(=O)Nc3ccccc3N)c2)O1. The first-order valence-electron chi connectivity index (χ1n) is 15.3. The van der Waals surface area contributed by atoms with E-state index in [1.54, 1.807) is 23.9 Å². The molecule has 13 heteroatoms. The number of anilines is 3. The van der Waals surface area contributed by atoms with E-state index in [1.807, 2.05) is 60.7 Å². The molecule has 12 nitrogen and oxygen atoms in total. The van der Waals surface area contributed by atoms with Gasteiger partial charge in [-0.15, -0.1) is 5.10 Å². The summed E-state index contributed by atoms with van der Waals surface area (Å²) in [6.45, 7) is -0.0249. The Balaban J connectivity index is 1.14. The summed E-state index contributed by atoms with van der Waals surface area (Å²) in [7, 11) is 1.80. The standard InChI is InChI=1S/C33H39N7O5S/c1-40-33(37-38-39-40)46-21-26-19-29(23-16-14-22(20-41)15-17-23)45-32(44-26)24-8-7-9-25(18-24)35-30(42)12-3-2-4-13-31(43)36-28-11-6-5-10-27(28)34/h5-11,14-18,26,29,32,41H,2-4,12-13,19-21,34H2,1H3,(H,35,42)(H,36,43)/t26-,29+,32+/m0/s1. The van der Waals surface area contributed by atoms with Gasteiger partial charge in [-0.2, -0.15) is 0 Å². The van der Waals surface area contributed by atoms with Crippen molar-refractivity contribution in [3.8, 4) is 0 Å². The number of aromatic nitrogens is 4. The van der Waals surface area contributed by atoms with E-state index in [0.29, 0.717) is 60.1 Å². The Bertz CT molecular complexity index is 1600. The molecule has 1 fully saturated rings. The van der Waals surface area contributed by atoms with Crippen molar-refractivity contribution < 1.29 is 24.2 Å². The maximum atomic E-state index is 12.7. The average Bonchev–Trinajstić information content (AvgIpc) is 3.49. The topological polar surface area (TPSA) is 167 Å². The summed E-state index contributed by atoms with van der Waals surface area (Å²) in [5.74, 6) is 0.428. The fourth-order valence-corrected chi connectivity index (χ4v) is 5.96. The van der Waals surface area contributed by atoms with E-state index < -0.39 is 6.29 Å². The van der Waals surface area contributed by atoms with Gasteiger partial charge in [-0.1, -0.05) is 66.7 Å².